The molecule has 0 rings (SSSR count). The minimum absolute atomic E-state index is 0.0807. The molecule has 0 aromatic rings. The Kier molecular flexibility index (Phi) is 7.90. The van der Waals surface area contributed by atoms with E-state index in [0.717, 1.165) is 12.8 Å². The Morgan fingerprint density at radius 1 is 0.808 bits per heavy atom. The third-order valence-corrected chi connectivity index (χ3v) is 4.03. The molecule has 0 aliphatic heterocycles. The van der Waals surface area contributed by atoms with Crippen LogP contribution in [0.2, 0.25) is 0 Å². The zero-order chi connectivity index (χ0) is 21.0. The normalized spacial score (nSPS) is 13.6. The Labute approximate surface area is 160 Å². The Balaban J connectivity index is 4.70. The number of hydrogen-bond acceptors (Lipinski definition) is 2. The fourth-order valence-electron chi connectivity index (χ4n) is 3.70. The number of rotatable bonds is 6. The molecule has 0 saturated carbocycles. The van der Waals surface area contributed by atoms with Crippen LogP contribution >= 0.6 is 0 Å². The molecule has 150 valence electrons. The van der Waals surface area contributed by atoms with Gasteiger partial charge in [-0.05, 0) is 34.5 Å². The first-order valence-electron chi connectivity index (χ1n) is 9.34. The number of nitrogens with one attached hydrogen (secondary N) is 2. The largest absolute Gasteiger partial charge is 0.268 e. The molecule has 0 fully saturated rings. The van der Waals surface area contributed by atoms with Crippen molar-refractivity contribution in [3.63, 3.8) is 0 Å². The average Bonchev–Trinajstić information content (AvgIpc) is 2.36. The van der Waals surface area contributed by atoms with Gasteiger partial charge in [0.05, 0.1) is 0 Å². The van der Waals surface area contributed by atoms with Crippen LogP contribution in [0.15, 0.2) is 24.3 Å². The molecule has 0 saturated heterocycles. The lowest BCUT2D eigenvalue weighted by molar-refractivity contribution is -0.125. The molecule has 2 N–H and O–H groups in total. The third kappa shape index (κ3) is 10.4. The van der Waals surface area contributed by atoms with Crippen molar-refractivity contribution in [1.29, 1.82) is 0 Å². The summed E-state index contributed by atoms with van der Waals surface area (Å²) in [6.07, 6.45) is 5.14. The van der Waals surface area contributed by atoms with Crippen LogP contribution in [0.3, 0.4) is 0 Å². The van der Waals surface area contributed by atoms with Gasteiger partial charge in [0.25, 0.3) is 11.8 Å². The van der Waals surface area contributed by atoms with Gasteiger partial charge in [-0.25, -0.2) is 0 Å². The van der Waals surface area contributed by atoms with Crippen LogP contribution in [0.5, 0.6) is 0 Å². The van der Waals surface area contributed by atoms with E-state index in [-0.39, 0.29) is 33.5 Å². The van der Waals surface area contributed by atoms with E-state index in [1.165, 1.54) is 6.08 Å². The Morgan fingerprint density at radius 3 is 1.69 bits per heavy atom. The highest BCUT2D eigenvalue weighted by molar-refractivity contribution is 5.96. The molecule has 0 aliphatic rings. The predicted molar refractivity (Wildman–Crippen MR) is 110 cm³/mol. The van der Waals surface area contributed by atoms with Gasteiger partial charge in [0, 0.05) is 11.6 Å². The maximum absolute atomic E-state index is 12.3. The molecule has 0 radical (unpaired) electrons. The standard InChI is InChI=1S/C22H40N2O2/c1-16(22(10,11)15-20(5,6)7)18(26)24-23-17(25)12-13-21(8,9)14-19(2,3)4/h12-13H,1,14-15H2,2-11H3,(H,23,25)(H,24,26). The molecule has 4 heteroatoms. The van der Waals surface area contributed by atoms with Gasteiger partial charge >= 0.3 is 0 Å². The maximum atomic E-state index is 12.3. The average molecular weight is 365 g/mol. The van der Waals surface area contributed by atoms with Gasteiger partial charge < -0.3 is 0 Å². The van der Waals surface area contributed by atoms with Crippen molar-refractivity contribution in [1.82, 2.24) is 10.9 Å². The molecule has 0 spiro atoms. The van der Waals surface area contributed by atoms with Crippen molar-refractivity contribution < 1.29 is 9.59 Å². The van der Waals surface area contributed by atoms with Crippen molar-refractivity contribution in [3.8, 4) is 0 Å². The van der Waals surface area contributed by atoms with Crippen molar-refractivity contribution in [2.24, 2.45) is 21.7 Å². The van der Waals surface area contributed by atoms with Gasteiger partial charge in [-0.3, -0.25) is 20.4 Å². The van der Waals surface area contributed by atoms with Crippen LogP contribution in [0.4, 0.5) is 0 Å². The van der Waals surface area contributed by atoms with Gasteiger partial charge in [-0.2, -0.15) is 0 Å². The Hall–Kier alpha value is -1.58. The number of carbonyl (C=O) groups excluding carboxylic acids is 2. The smallest absolute Gasteiger partial charge is 0.265 e. The first kappa shape index (κ1) is 24.4. The minimum Gasteiger partial charge on any atom is -0.268 e. The molecule has 0 aromatic heterocycles. The number of amides is 2. The molecule has 0 bridgehead atoms. The first-order valence-corrected chi connectivity index (χ1v) is 9.34. The topological polar surface area (TPSA) is 58.2 Å². The van der Waals surface area contributed by atoms with E-state index >= 15 is 0 Å². The highest BCUT2D eigenvalue weighted by Crippen LogP contribution is 2.38. The van der Waals surface area contributed by atoms with Gasteiger partial charge in [0.15, 0.2) is 0 Å². The van der Waals surface area contributed by atoms with Crippen LogP contribution in [-0.4, -0.2) is 11.8 Å². The summed E-state index contributed by atoms with van der Waals surface area (Å²) in [4.78, 5) is 24.3. The molecule has 26 heavy (non-hydrogen) atoms. The third-order valence-electron chi connectivity index (χ3n) is 4.03. The minimum atomic E-state index is -0.352. The van der Waals surface area contributed by atoms with Crippen LogP contribution in [0, 0.1) is 21.7 Å². The van der Waals surface area contributed by atoms with Gasteiger partial charge in [-0.1, -0.05) is 81.9 Å². The SMILES string of the molecule is C=C(C(=O)NNC(=O)C=CC(C)(C)CC(C)(C)C)C(C)(C)CC(C)(C)C. The van der Waals surface area contributed by atoms with Gasteiger partial charge in [0.2, 0.25) is 0 Å². The lowest BCUT2D eigenvalue weighted by Crippen LogP contribution is -2.44. The molecular formula is C22H40N2O2. The second kappa shape index (κ2) is 8.41. The lowest BCUT2D eigenvalue weighted by atomic mass is 9.72. The van der Waals surface area contributed by atoms with E-state index in [2.05, 4.69) is 72.8 Å². The van der Waals surface area contributed by atoms with Crippen molar-refractivity contribution in [3.05, 3.63) is 24.3 Å². The fraction of sp³-hybridized carbons (Fsp3) is 0.727. The number of hydrazine groups is 1. The fourth-order valence-corrected chi connectivity index (χ4v) is 3.70. The molecule has 2 amide bonds. The Bertz CT molecular complexity index is 556. The number of hydrogen-bond donors (Lipinski definition) is 2. The van der Waals surface area contributed by atoms with Crippen LogP contribution in [0.1, 0.15) is 82.1 Å². The second-order valence-corrected chi connectivity index (χ2v) is 11.1. The zero-order valence-electron chi connectivity index (χ0n) is 18.6. The summed E-state index contributed by atoms with van der Waals surface area (Å²) in [6.45, 7) is 25.0. The number of carbonyl (C=O) groups is 2. The molecule has 0 unspecified atom stereocenters. The summed E-state index contributed by atoms with van der Waals surface area (Å²) in [7, 11) is 0. The molecule has 0 atom stereocenters. The van der Waals surface area contributed by atoms with Crippen molar-refractivity contribution in [2.75, 3.05) is 0 Å². The maximum Gasteiger partial charge on any atom is 0.265 e. The summed E-state index contributed by atoms with van der Waals surface area (Å²) in [5.74, 6) is -0.697. The van der Waals surface area contributed by atoms with Crippen LogP contribution in [0.25, 0.3) is 0 Å². The summed E-state index contributed by atoms with van der Waals surface area (Å²) >= 11 is 0. The monoisotopic (exact) mass is 364 g/mol. The van der Waals surface area contributed by atoms with E-state index < -0.39 is 0 Å². The van der Waals surface area contributed by atoms with Crippen LogP contribution < -0.4 is 10.9 Å². The summed E-state index contributed by atoms with van der Waals surface area (Å²) in [5, 5.41) is 0. The van der Waals surface area contributed by atoms with E-state index in [4.69, 9.17) is 0 Å². The zero-order valence-corrected chi connectivity index (χ0v) is 18.6. The molecule has 0 aromatic carbocycles. The van der Waals surface area contributed by atoms with E-state index in [1.807, 2.05) is 19.9 Å². The first-order chi connectivity index (χ1) is 11.3. The highest BCUT2D eigenvalue weighted by Gasteiger charge is 2.31. The van der Waals surface area contributed by atoms with Crippen LogP contribution in [-0.2, 0) is 9.59 Å². The Morgan fingerprint density at radius 2 is 1.27 bits per heavy atom. The quantitative estimate of drug-likeness (QED) is 0.504. The molecule has 0 heterocycles. The van der Waals surface area contributed by atoms with E-state index in [1.54, 1.807) is 0 Å². The van der Waals surface area contributed by atoms with Crippen molar-refractivity contribution >= 4 is 11.8 Å². The predicted octanol–water partition coefficient (Wildman–Crippen LogP) is 5.17. The van der Waals surface area contributed by atoms with Gasteiger partial charge in [0.1, 0.15) is 0 Å². The summed E-state index contributed by atoms with van der Waals surface area (Å²) in [6, 6.07) is 0. The lowest BCUT2D eigenvalue weighted by Gasteiger charge is -2.33. The highest BCUT2D eigenvalue weighted by atomic mass is 16.2. The number of allylic oxidation sites excluding steroid dienone is 1. The molecule has 4 nitrogen and oxygen atoms in total. The van der Waals surface area contributed by atoms with E-state index in [9.17, 15) is 9.59 Å². The molecular weight excluding hydrogens is 324 g/mol. The van der Waals surface area contributed by atoms with E-state index in [0.29, 0.717) is 5.57 Å². The molecule has 0 aliphatic carbocycles. The summed E-state index contributed by atoms with van der Waals surface area (Å²) in [5.41, 5.74) is 5.19. The summed E-state index contributed by atoms with van der Waals surface area (Å²) < 4.78 is 0. The van der Waals surface area contributed by atoms with Crippen molar-refractivity contribution in [2.45, 2.75) is 82.1 Å². The second-order valence-electron chi connectivity index (χ2n) is 11.1. The van der Waals surface area contributed by atoms with Gasteiger partial charge in [-0.15, -0.1) is 0 Å².